The molecule has 1 atom stereocenters. The first-order valence-corrected chi connectivity index (χ1v) is 6.56. The molecule has 0 bridgehead atoms. The van der Waals surface area contributed by atoms with Crippen molar-refractivity contribution in [1.82, 2.24) is 19.9 Å². The van der Waals surface area contributed by atoms with Crippen molar-refractivity contribution in [3.05, 3.63) is 47.8 Å². The molecule has 1 aliphatic heterocycles. The molecule has 1 N–H and O–H groups in total. The van der Waals surface area contributed by atoms with Gasteiger partial charge < -0.3 is 14.6 Å². The maximum absolute atomic E-state index is 5.76. The molecule has 0 aliphatic carbocycles. The zero-order chi connectivity index (χ0) is 13.1. The molecule has 0 aromatic carbocycles. The molecule has 1 aliphatic rings. The third-order valence-corrected chi connectivity index (χ3v) is 3.27. The molecule has 5 heteroatoms. The second-order valence-corrected chi connectivity index (χ2v) is 4.83. The molecule has 0 fully saturated rings. The largest absolute Gasteiger partial charge is 0.367 e. The van der Waals surface area contributed by atoms with E-state index in [0.717, 1.165) is 36.8 Å². The van der Waals surface area contributed by atoms with E-state index in [4.69, 9.17) is 4.74 Å². The first kappa shape index (κ1) is 12.3. The van der Waals surface area contributed by atoms with E-state index in [-0.39, 0.29) is 6.10 Å². The number of ether oxygens (including phenoxy) is 1. The number of imidazole rings is 1. The SMILES string of the molecule is Cc1cccc(CNC[C@H]2Cn3ccnc3CO2)n1. The number of aromatic nitrogens is 3. The van der Waals surface area contributed by atoms with Crippen molar-refractivity contribution in [2.75, 3.05) is 6.54 Å². The van der Waals surface area contributed by atoms with Gasteiger partial charge in [-0.25, -0.2) is 4.98 Å². The molecule has 0 saturated carbocycles. The minimum atomic E-state index is 0.200. The summed E-state index contributed by atoms with van der Waals surface area (Å²) in [6.07, 6.45) is 4.03. The molecule has 100 valence electrons. The highest BCUT2D eigenvalue weighted by molar-refractivity contribution is 5.09. The topological polar surface area (TPSA) is 52.0 Å². The maximum Gasteiger partial charge on any atom is 0.134 e. The minimum Gasteiger partial charge on any atom is -0.367 e. The summed E-state index contributed by atoms with van der Waals surface area (Å²) in [6.45, 7) is 5.07. The zero-order valence-corrected chi connectivity index (χ0v) is 11.0. The number of fused-ring (bicyclic) bond motifs is 1. The number of nitrogens with one attached hydrogen (secondary N) is 1. The number of rotatable bonds is 4. The lowest BCUT2D eigenvalue weighted by Gasteiger charge is -2.24. The van der Waals surface area contributed by atoms with Gasteiger partial charge in [0.2, 0.25) is 0 Å². The number of nitrogens with zero attached hydrogens (tertiary/aromatic N) is 3. The summed E-state index contributed by atoms with van der Waals surface area (Å²) in [5, 5.41) is 3.40. The highest BCUT2D eigenvalue weighted by Crippen LogP contribution is 2.11. The Balaban J connectivity index is 1.49. The van der Waals surface area contributed by atoms with Crippen LogP contribution in [0.1, 0.15) is 17.2 Å². The van der Waals surface area contributed by atoms with Gasteiger partial charge in [0.05, 0.1) is 18.3 Å². The molecule has 0 saturated heterocycles. The van der Waals surface area contributed by atoms with Gasteiger partial charge in [-0.3, -0.25) is 4.98 Å². The molecule has 0 radical (unpaired) electrons. The Labute approximate surface area is 112 Å². The van der Waals surface area contributed by atoms with E-state index in [1.165, 1.54) is 0 Å². The van der Waals surface area contributed by atoms with Gasteiger partial charge in [-0.15, -0.1) is 0 Å². The summed E-state index contributed by atoms with van der Waals surface area (Å²) in [6, 6.07) is 6.08. The third-order valence-electron chi connectivity index (χ3n) is 3.27. The van der Waals surface area contributed by atoms with Crippen LogP contribution in [0.15, 0.2) is 30.6 Å². The van der Waals surface area contributed by atoms with E-state index in [0.29, 0.717) is 6.61 Å². The highest BCUT2D eigenvalue weighted by atomic mass is 16.5. The smallest absolute Gasteiger partial charge is 0.134 e. The van der Waals surface area contributed by atoms with E-state index < -0.39 is 0 Å². The Kier molecular flexibility index (Phi) is 3.57. The zero-order valence-electron chi connectivity index (χ0n) is 11.0. The summed E-state index contributed by atoms with van der Waals surface area (Å²) in [5.41, 5.74) is 2.12. The van der Waals surface area contributed by atoms with Crippen molar-refractivity contribution in [2.24, 2.45) is 0 Å². The molecule has 0 amide bonds. The monoisotopic (exact) mass is 258 g/mol. The van der Waals surface area contributed by atoms with Crippen molar-refractivity contribution in [3.63, 3.8) is 0 Å². The van der Waals surface area contributed by atoms with E-state index in [1.54, 1.807) is 0 Å². The maximum atomic E-state index is 5.76. The molecule has 0 spiro atoms. The summed E-state index contributed by atoms with van der Waals surface area (Å²) in [4.78, 5) is 8.70. The predicted octanol–water partition coefficient (Wildman–Crippen LogP) is 1.28. The van der Waals surface area contributed by atoms with Crippen LogP contribution < -0.4 is 5.32 Å². The van der Waals surface area contributed by atoms with Crippen LogP contribution in [0, 0.1) is 6.92 Å². The molecule has 2 aromatic heterocycles. The normalized spacial score (nSPS) is 18.3. The summed E-state index contributed by atoms with van der Waals surface area (Å²) >= 11 is 0. The van der Waals surface area contributed by atoms with Gasteiger partial charge in [0.15, 0.2) is 0 Å². The van der Waals surface area contributed by atoms with Crippen molar-refractivity contribution >= 4 is 0 Å². The van der Waals surface area contributed by atoms with E-state index >= 15 is 0 Å². The van der Waals surface area contributed by atoms with Crippen LogP contribution in [0.25, 0.3) is 0 Å². The lowest BCUT2D eigenvalue weighted by atomic mass is 10.3. The minimum absolute atomic E-state index is 0.200. The van der Waals surface area contributed by atoms with Crippen LogP contribution in [-0.2, 0) is 24.4 Å². The van der Waals surface area contributed by atoms with Crippen molar-refractivity contribution in [1.29, 1.82) is 0 Å². The van der Waals surface area contributed by atoms with Crippen LogP contribution >= 0.6 is 0 Å². The van der Waals surface area contributed by atoms with E-state index in [2.05, 4.69) is 19.9 Å². The Morgan fingerprint density at radius 3 is 3.32 bits per heavy atom. The molecular formula is C14H18N4O. The highest BCUT2D eigenvalue weighted by Gasteiger charge is 2.18. The summed E-state index contributed by atoms with van der Waals surface area (Å²) < 4.78 is 7.91. The first-order valence-electron chi connectivity index (χ1n) is 6.56. The van der Waals surface area contributed by atoms with Crippen molar-refractivity contribution < 1.29 is 4.74 Å². The Bertz CT molecular complexity index is 552. The quantitative estimate of drug-likeness (QED) is 0.897. The van der Waals surface area contributed by atoms with Gasteiger partial charge in [0, 0.05) is 31.2 Å². The average Bonchev–Trinajstić information content (AvgIpc) is 2.86. The molecule has 19 heavy (non-hydrogen) atoms. The Hall–Kier alpha value is -1.72. The second-order valence-electron chi connectivity index (χ2n) is 4.83. The Morgan fingerprint density at radius 2 is 2.42 bits per heavy atom. The molecule has 0 unspecified atom stereocenters. The molecule has 5 nitrogen and oxygen atoms in total. The van der Waals surface area contributed by atoms with Crippen LogP contribution in [0.2, 0.25) is 0 Å². The fraction of sp³-hybridized carbons (Fsp3) is 0.429. The van der Waals surface area contributed by atoms with Crippen LogP contribution in [-0.4, -0.2) is 27.2 Å². The van der Waals surface area contributed by atoms with E-state index in [1.807, 2.05) is 37.5 Å². The summed E-state index contributed by atoms with van der Waals surface area (Å²) in [7, 11) is 0. The lowest BCUT2D eigenvalue weighted by Crippen LogP contribution is -2.36. The van der Waals surface area contributed by atoms with Crippen LogP contribution in [0.3, 0.4) is 0 Å². The van der Waals surface area contributed by atoms with Crippen LogP contribution in [0.4, 0.5) is 0 Å². The standard InChI is InChI=1S/C14H18N4O/c1-11-3-2-4-12(17-11)7-15-8-13-9-18-6-5-16-14(18)10-19-13/h2-6,13,15H,7-10H2,1H3/t13-/m0/s1. The third kappa shape index (κ3) is 3.00. The summed E-state index contributed by atoms with van der Waals surface area (Å²) in [5.74, 6) is 1.01. The van der Waals surface area contributed by atoms with Crippen molar-refractivity contribution in [3.8, 4) is 0 Å². The number of hydrogen-bond acceptors (Lipinski definition) is 4. The number of hydrogen-bond donors (Lipinski definition) is 1. The van der Waals surface area contributed by atoms with Gasteiger partial charge >= 0.3 is 0 Å². The van der Waals surface area contributed by atoms with Crippen molar-refractivity contribution in [2.45, 2.75) is 32.7 Å². The lowest BCUT2D eigenvalue weighted by molar-refractivity contribution is 0.00274. The predicted molar refractivity (Wildman–Crippen MR) is 71.5 cm³/mol. The average molecular weight is 258 g/mol. The van der Waals surface area contributed by atoms with E-state index in [9.17, 15) is 0 Å². The van der Waals surface area contributed by atoms with Gasteiger partial charge in [-0.1, -0.05) is 6.07 Å². The van der Waals surface area contributed by atoms with Gasteiger partial charge in [0.25, 0.3) is 0 Å². The molecule has 3 heterocycles. The van der Waals surface area contributed by atoms with Gasteiger partial charge in [0.1, 0.15) is 12.4 Å². The number of aryl methyl sites for hydroxylation is 1. The van der Waals surface area contributed by atoms with Crippen LogP contribution in [0.5, 0.6) is 0 Å². The Morgan fingerprint density at radius 1 is 1.47 bits per heavy atom. The van der Waals surface area contributed by atoms with Gasteiger partial charge in [-0.05, 0) is 19.1 Å². The fourth-order valence-corrected chi connectivity index (χ4v) is 2.29. The van der Waals surface area contributed by atoms with Gasteiger partial charge in [-0.2, -0.15) is 0 Å². The fourth-order valence-electron chi connectivity index (χ4n) is 2.29. The first-order chi connectivity index (χ1) is 9.31. The molecule has 2 aromatic rings. The molecule has 3 rings (SSSR count). The molecular weight excluding hydrogens is 240 g/mol. The number of pyridine rings is 1. The second kappa shape index (κ2) is 5.50.